The number of nitrogens with zero attached hydrogens (tertiary/aromatic N) is 5. The van der Waals surface area contributed by atoms with E-state index in [0.29, 0.717) is 27.4 Å². The van der Waals surface area contributed by atoms with Crippen LogP contribution >= 0.6 is 11.3 Å². The second kappa shape index (κ2) is 7.69. The molecule has 4 aromatic rings. The van der Waals surface area contributed by atoms with Crippen LogP contribution in [0.1, 0.15) is 23.0 Å². The third-order valence-corrected chi connectivity index (χ3v) is 4.70. The van der Waals surface area contributed by atoms with E-state index >= 15 is 0 Å². The Hall–Kier alpha value is -3.40. The first-order chi connectivity index (χ1) is 13.6. The Morgan fingerprint density at radius 1 is 1.25 bits per heavy atom. The monoisotopic (exact) mass is 397 g/mol. The summed E-state index contributed by atoms with van der Waals surface area (Å²) in [5, 5.41) is 8.53. The third kappa shape index (κ3) is 3.96. The molecule has 0 aliphatic carbocycles. The van der Waals surface area contributed by atoms with E-state index in [0.717, 1.165) is 5.56 Å². The molecule has 0 amide bonds. The second-order valence-electron chi connectivity index (χ2n) is 5.96. The summed E-state index contributed by atoms with van der Waals surface area (Å²) in [5.74, 6) is 0.420. The van der Waals surface area contributed by atoms with E-state index in [9.17, 15) is 9.59 Å². The molecule has 0 N–H and O–H groups in total. The lowest BCUT2D eigenvalue weighted by molar-refractivity contribution is -0.145. The molecule has 28 heavy (non-hydrogen) atoms. The maximum absolute atomic E-state index is 12.0. The van der Waals surface area contributed by atoms with Crippen LogP contribution in [0.3, 0.4) is 0 Å². The van der Waals surface area contributed by atoms with Gasteiger partial charge in [0, 0.05) is 23.7 Å². The molecule has 0 bridgehead atoms. The lowest BCUT2D eigenvalue weighted by atomic mass is 10.2. The molecule has 0 fully saturated rings. The van der Waals surface area contributed by atoms with Crippen molar-refractivity contribution in [2.75, 3.05) is 0 Å². The minimum atomic E-state index is -0.421. The van der Waals surface area contributed by atoms with Crippen molar-refractivity contribution in [1.29, 1.82) is 0 Å². The van der Waals surface area contributed by atoms with Crippen molar-refractivity contribution in [3.05, 3.63) is 63.3 Å². The number of hydrogen-bond acceptors (Lipinski definition) is 9. The fourth-order valence-electron chi connectivity index (χ4n) is 2.50. The van der Waals surface area contributed by atoms with Gasteiger partial charge in [0.25, 0.3) is 5.56 Å². The van der Waals surface area contributed by atoms with Crippen LogP contribution < -0.4 is 5.56 Å². The van der Waals surface area contributed by atoms with Gasteiger partial charge in [0.1, 0.15) is 6.61 Å². The zero-order valence-electron chi connectivity index (χ0n) is 14.9. The van der Waals surface area contributed by atoms with Gasteiger partial charge in [0.2, 0.25) is 16.7 Å². The van der Waals surface area contributed by atoms with Gasteiger partial charge in [-0.1, -0.05) is 46.8 Å². The Morgan fingerprint density at radius 3 is 2.89 bits per heavy atom. The first-order valence-corrected chi connectivity index (χ1v) is 9.30. The summed E-state index contributed by atoms with van der Waals surface area (Å²) in [6.07, 6.45) is 0.372. The molecule has 4 rings (SSSR count). The molecule has 0 saturated heterocycles. The summed E-state index contributed by atoms with van der Waals surface area (Å²) in [4.78, 5) is 32.8. The molecule has 0 saturated carbocycles. The van der Waals surface area contributed by atoms with Crippen molar-refractivity contribution >= 4 is 22.3 Å². The Labute approximate surface area is 162 Å². The van der Waals surface area contributed by atoms with Crippen molar-refractivity contribution in [2.24, 2.45) is 0 Å². The van der Waals surface area contributed by atoms with Gasteiger partial charge in [-0.3, -0.25) is 9.59 Å². The average Bonchev–Trinajstić information content (AvgIpc) is 3.32. The molecule has 0 unspecified atom stereocenters. The van der Waals surface area contributed by atoms with Crippen molar-refractivity contribution in [1.82, 2.24) is 24.7 Å². The summed E-state index contributed by atoms with van der Waals surface area (Å²) in [6, 6.07) is 10.8. The highest BCUT2D eigenvalue weighted by molar-refractivity contribution is 7.16. The SMILES string of the molecule is Cc1cc(=O)n2nc(COC(=O)CCc3nc(-c4ccccc4)no3)sc2n1. The van der Waals surface area contributed by atoms with Crippen LogP contribution in [0.25, 0.3) is 16.3 Å². The number of carbonyl (C=O) groups excluding carboxylic acids is 1. The quantitative estimate of drug-likeness (QED) is 0.455. The van der Waals surface area contributed by atoms with E-state index in [-0.39, 0.29) is 25.0 Å². The van der Waals surface area contributed by atoms with Gasteiger partial charge >= 0.3 is 5.97 Å². The van der Waals surface area contributed by atoms with E-state index in [2.05, 4.69) is 20.2 Å². The van der Waals surface area contributed by atoms with Gasteiger partial charge in [-0.15, -0.1) is 0 Å². The van der Waals surface area contributed by atoms with Crippen molar-refractivity contribution in [2.45, 2.75) is 26.4 Å². The maximum Gasteiger partial charge on any atom is 0.306 e. The van der Waals surface area contributed by atoms with Gasteiger partial charge in [0.05, 0.1) is 6.42 Å². The smallest absolute Gasteiger partial charge is 0.306 e. The zero-order chi connectivity index (χ0) is 19.5. The molecule has 10 heteroatoms. The van der Waals surface area contributed by atoms with Gasteiger partial charge in [-0.05, 0) is 6.92 Å². The number of rotatable bonds is 6. The molecular weight excluding hydrogens is 382 g/mol. The Bertz CT molecular complexity index is 1180. The highest BCUT2D eigenvalue weighted by Gasteiger charge is 2.13. The van der Waals surface area contributed by atoms with Crippen molar-refractivity contribution in [3.8, 4) is 11.4 Å². The maximum atomic E-state index is 12.0. The average molecular weight is 397 g/mol. The number of benzene rings is 1. The Morgan fingerprint density at radius 2 is 2.07 bits per heavy atom. The van der Waals surface area contributed by atoms with E-state index < -0.39 is 5.97 Å². The number of aromatic nitrogens is 5. The van der Waals surface area contributed by atoms with Crippen LogP contribution in [0.5, 0.6) is 0 Å². The molecule has 3 heterocycles. The topological polar surface area (TPSA) is 112 Å². The summed E-state index contributed by atoms with van der Waals surface area (Å²) in [7, 11) is 0. The first kappa shape index (κ1) is 18.0. The minimum Gasteiger partial charge on any atom is -0.458 e. The van der Waals surface area contributed by atoms with Gasteiger partial charge < -0.3 is 9.26 Å². The van der Waals surface area contributed by atoms with E-state index in [1.54, 1.807) is 6.92 Å². The van der Waals surface area contributed by atoms with Crippen LogP contribution in [0, 0.1) is 6.92 Å². The van der Waals surface area contributed by atoms with Gasteiger partial charge in [-0.2, -0.15) is 14.6 Å². The predicted molar refractivity (Wildman–Crippen MR) is 99.7 cm³/mol. The molecule has 0 spiro atoms. The Balaban J connectivity index is 1.32. The van der Waals surface area contributed by atoms with E-state index in [1.807, 2.05) is 30.3 Å². The van der Waals surface area contributed by atoms with Gasteiger partial charge in [-0.25, -0.2) is 4.98 Å². The molecular formula is C18H15N5O4S. The zero-order valence-corrected chi connectivity index (χ0v) is 15.7. The molecule has 0 atom stereocenters. The fourth-order valence-corrected chi connectivity index (χ4v) is 3.36. The number of carbonyl (C=O) groups is 1. The number of esters is 1. The van der Waals surface area contributed by atoms with Crippen LogP contribution in [0.4, 0.5) is 0 Å². The summed E-state index contributed by atoms with van der Waals surface area (Å²) >= 11 is 1.21. The second-order valence-corrected chi connectivity index (χ2v) is 7.00. The molecule has 9 nitrogen and oxygen atoms in total. The molecule has 1 aromatic carbocycles. The number of fused-ring (bicyclic) bond motifs is 1. The fraction of sp³-hybridized carbons (Fsp3) is 0.222. The molecule has 3 aromatic heterocycles. The predicted octanol–water partition coefficient (Wildman–Crippen LogP) is 2.19. The van der Waals surface area contributed by atoms with Crippen LogP contribution in [-0.2, 0) is 22.6 Å². The minimum absolute atomic E-state index is 0.0234. The molecule has 0 radical (unpaired) electrons. The van der Waals surface area contributed by atoms with Crippen LogP contribution in [0.15, 0.2) is 45.7 Å². The van der Waals surface area contributed by atoms with E-state index in [4.69, 9.17) is 9.26 Å². The number of aryl methyl sites for hydroxylation is 2. The largest absolute Gasteiger partial charge is 0.458 e. The molecule has 0 aliphatic rings. The summed E-state index contributed by atoms with van der Waals surface area (Å²) in [6.45, 7) is 1.71. The third-order valence-electron chi connectivity index (χ3n) is 3.81. The lowest BCUT2D eigenvalue weighted by Gasteiger charge is -2.00. The number of hydrogen-bond donors (Lipinski definition) is 0. The van der Waals surface area contributed by atoms with Crippen molar-refractivity contribution < 1.29 is 14.1 Å². The highest BCUT2D eigenvalue weighted by Crippen LogP contribution is 2.16. The van der Waals surface area contributed by atoms with Crippen LogP contribution in [-0.4, -0.2) is 30.7 Å². The van der Waals surface area contributed by atoms with E-state index in [1.165, 1.54) is 21.9 Å². The van der Waals surface area contributed by atoms with Gasteiger partial charge in [0.15, 0.2) is 5.01 Å². The van der Waals surface area contributed by atoms with Crippen molar-refractivity contribution in [3.63, 3.8) is 0 Å². The molecule has 0 aliphatic heterocycles. The summed E-state index contributed by atoms with van der Waals surface area (Å²) < 4.78 is 11.6. The van der Waals surface area contributed by atoms with Crippen LogP contribution in [0.2, 0.25) is 0 Å². The molecule has 142 valence electrons. The normalized spacial score (nSPS) is 11.0. The first-order valence-electron chi connectivity index (χ1n) is 8.48. The standard InChI is InChI=1S/C18H15N5O4S/c1-11-9-15(24)23-18(19-11)28-14(21-23)10-26-16(25)8-7-13-20-17(22-27-13)12-5-3-2-4-6-12/h2-6,9H,7-8,10H2,1H3. The Kier molecular flexibility index (Phi) is 4.94. The summed E-state index contributed by atoms with van der Waals surface area (Å²) in [5.41, 5.74) is 1.20. The lowest BCUT2D eigenvalue weighted by Crippen LogP contribution is -2.14. The number of ether oxygens (including phenoxy) is 1. The highest BCUT2D eigenvalue weighted by atomic mass is 32.1.